The van der Waals surface area contributed by atoms with Crippen molar-refractivity contribution in [2.24, 2.45) is 0 Å². The molecule has 124 valence electrons. The average Bonchev–Trinajstić information content (AvgIpc) is 2.59. The highest BCUT2D eigenvalue weighted by Crippen LogP contribution is 2.24. The maximum absolute atomic E-state index is 4.69. The maximum atomic E-state index is 4.69. The van der Waals surface area contributed by atoms with Crippen LogP contribution >= 0.6 is 0 Å². The van der Waals surface area contributed by atoms with E-state index in [0.717, 1.165) is 18.8 Å². The largest absolute Gasteiger partial charge is 0.341 e. The molecule has 0 aliphatic carbocycles. The van der Waals surface area contributed by atoms with E-state index in [1.54, 1.807) is 12.4 Å². The molecule has 1 N–H and O–H groups in total. The molecular weight excluding hydrogens is 300 g/mol. The quantitative estimate of drug-likeness (QED) is 0.774. The van der Waals surface area contributed by atoms with Gasteiger partial charge in [0, 0.05) is 31.2 Å². The lowest BCUT2D eigenvalue weighted by Crippen LogP contribution is -2.24. The molecule has 6 heteroatoms. The standard InChI is InChI=1S/C18H22N6/c1-5-24(6-2)18-22-16-15(19-9-10-20-16)17(23-18)21-14-8-7-12(3)13(4)11-14/h7-11H,5-6H2,1-4H3,(H,20,21,22,23). The first-order valence-corrected chi connectivity index (χ1v) is 8.20. The van der Waals surface area contributed by atoms with Crippen LogP contribution in [0.5, 0.6) is 0 Å². The van der Waals surface area contributed by atoms with Gasteiger partial charge in [0.1, 0.15) is 0 Å². The van der Waals surface area contributed by atoms with E-state index in [2.05, 4.69) is 65.0 Å². The van der Waals surface area contributed by atoms with E-state index in [4.69, 9.17) is 4.98 Å². The van der Waals surface area contributed by atoms with Crippen LogP contribution in [0, 0.1) is 13.8 Å². The highest BCUT2D eigenvalue weighted by atomic mass is 15.3. The third-order valence-electron chi connectivity index (χ3n) is 4.14. The molecule has 0 saturated carbocycles. The lowest BCUT2D eigenvalue weighted by Gasteiger charge is -2.19. The first kappa shape index (κ1) is 16.1. The molecule has 0 amide bonds. The van der Waals surface area contributed by atoms with Crippen LogP contribution in [-0.4, -0.2) is 33.0 Å². The smallest absolute Gasteiger partial charge is 0.229 e. The van der Waals surface area contributed by atoms with Gasteiger partial charge in [0.2, 0.25) is 5.95 Å². The second-order valence-electron chi connectivity index (χ2n) is 5.70. The maximum Gasteiger partial charge on any atom is 0.229 e. The van der Waals surface area contributed by atoms with Gasteiger partial charge in [-0.1, -0.05) is 6.07 Å². The zero-order chi connectivity index (χ0) is 17.1. The molecule has 0 unspecified atom stereocenters. The van der Waals surface area contributed by atoms with E-state index in [0.29, 0.717) is 22.9 Å². The van der Waals surface area contributed by atoms with Crippen LogP contribution in [0.15, 0.2) is 30.6 Å². The van der Waals surface area contributed by atoms with E-state index in [1.807, 2.05) is 6.07 Å². The fraction of sp³-hybridized carbons (Fsp3) is 0.333. The van der Waals surface area contributed by atoms with Crippen molar-refractivity contribution in [2.75, 3.05) is 23.3 Å². The molecule has 0 aliphatic rings. The Kier molecular flexibility index (Phi) is 4.55. The Hall–Kier alpha value is -2.76. The lowest BCUT2D eigenvalue weighted by molar-refractivity contribution is 0.825. The molecule has 2 aromatic heterocycles. The number of hydrogen-bond donors (Lipinski definition) is 1. The van der Waals surface area contributed by atoms with Crippen molar-refractivity contribution in [2.45, 2.75) is 27.7 Å². The summed E-state index contributed by atoms with van der Waals surface area (Å²) in [7, 11) is 0. The van der Waals surface area contributed by atoms with E-state index in [9.17, 15) is 0 Å². The van der Waals surface area contributed by atoms with Crippen LogP contribution in [0.4, 0.5) is 17.5 Å². The third-order valence-corrected chi connectivity index (χ3v) is 4.14. The van der Waals surface area contributed by atoms with E-state index in [1.165, 1.54) is 11.1 Å². The normalized spacial score (nSPS) is 10.8. The summed E-state index contributed by atoms with van der Waals surface area (Å²) in [6, 6.07) is 6.25. The van der Waals surface area contributed by atoms with Crippen molar-refractivity contribution in [1.82, 2.24) is 19.9 Å². The predicted molar refractivity (Wildman–Crippen MR) is 97.9 cm³/mol. The van der Waals surface area contributed by atoms with Crippen LogP contribution < -0.4 is 10.2 Å². The number of anilines is 3. The Morgan fingerprint density at radius 1 is 0.958 bits per heavy atom. The number of fused-ring (bicyclic) bond motifs is 1. The summed E-state index contributed by atoms with van der Waals surface area (Å²) in [6.07, 6.45) is 3.31. The molecule has 0 spiro atoms. The summed E-state index contributed by atoms with van der Waals surface area (Å²) < 4.78 is 0. The SMILES string of the molecule is CCN(CC)c1nc(Nc2ccc(C)c(C)c2)c2nccnc2n1. The van der Waals surface area contributed by atoms with Gasteiger partial charge in [-0.3, -0.25) is 0 Å². The molecule has 0 fully saturated rings. The fourth-order valence-electron chi connectivity index (χ4n) is 2.54. The first-order chi connectivity index (χ1) is 11.6. The second-order valence-corrected chi connectivity index (χ2v) is 5.70. The van der Waals surface area contributed by atoms with Gasteiger partial charge in [-0.2, -0.15) is 9.97 Å². The number of aryl methyl sites for hydroxylation is 2. The van der Waals surface area contributed by atoms with Crippen LogP contribution in [0.25, 0.3) is 11.2 Å². The van der Waals surface area contributed by atoms with Gasteiger partial charge in [0.05, 0.1) is 0 Å². The van der Waals surface area contributed by atoms with Crippen molar-refractivity contribution in [3.05, 3.63) is 41.7 Å². The van der Waals surface area contributed by atoms with E-state index < -0.39 is 0 Å². The molecule has 3 rings (SSSR count). The zero-order valence-electron chi connectivity index (χ0n) is 14.5. The molecule has 24 heavy (non-hydrogen) atoms. The van der Waals surface area contributed by atoms with Crippen LogP contribution in [0.3, 0.4) is 0 Å². The topological polar surface area (TPSA) is 66.8 Å². The molecule has 0 bridgehead atoms. The van der Waals surface area contributed by atoms with E-state index >= 15 is 0 Å². The molecule has 3 aromatic rings. The van der Waals surface area contributed by atoms with Crippen molar-refractivity contribution < 1.29 is 0 Å². The molecule has 0 aliphatic heterocycles. The van der Waals surface area contributed by atoms with Crippen molar-refractivity contribution in [3.63, 3.8) is 0 Å². The average molecular weight is 322 g/mol. The highest BCUT2D eigenvalue weighted by Gasteiger charge is 2.13. The Balaban J connectivity index is 2.09. The number of nitrogens with zero attached hydrogens (tertiary/aromatic N) is 5. The number of hydrogen-bond acceptors (Lipinski definition) is 6. The van der Waals surface area contributed by atoms with Gasteiger partial charge in [0.25, 0.3) is 0 Å². The van der Waals surface area contributed by atoms with Crippen molar-refractivity contribution in [3.8, 4) is 0 Å². The predicted octanol–water partition coefficient (Wildman–Crippen LogP) is 3.63. The molecule has 2 heterocycles. The Morgan fingerprint density at radius 2 is 1.71 bits per heavy atom. The van der Waals surface area contributed by atoms with Gasteiger partial charge in [0.15, 0.2) is 17.0 Å². The Morgan fingerprint density at radius 3 is 2.42 bits per heavy atom. The number of aromatic nitrogens is 4. The molecule has 0 radical (unpaired) electrons. The van der Waals surface area contributed by atoms with Gasteiger partial charge in [-0.25, -0.2) is 9.97 Å². The minimum Gasteiger partial charge on any atom is -0.341 e. The first-order valence-electron chi connectivity index (χ1n) is 8.20. The highest BCUT2D eigenvalue weighted by molar-refractivity contribution is 5.85. The number of rotatable bonds is 5. The van der Waals surface area contributed by atoms with Gasteiger partial charge < -0.3 is 10.2 Å². The summed E-state index contributed by atoms with van der Waals surface area (Å²) in [4.78, 5) is 20.1. The summed E-state index contributed by atoms with van der Waals surface area (Å²) in [5, 5.41) is 3.38. The summed E-state index contributed by atoms with van der Waals surface area (Å²) >= 11 is 0. The number of benzene rings is 1. The number of nitrogens with one attached hydrogen (secondary N) is 1. The monoisotopic (exact) mass is 322 g/mol. The van der Waals surface area contributed by atoms with Crippen LogP contribution in [0.1, 0.15) is 25.0 Å². The van der Waals surface area contributed by atoms with Crippen LogP contribution in [0.2, 0.25) is 0 Å². The van der Waals surface area contributed by atoms with Gasteiger partial charge in [-0.05, 0) is 51.0 Å². The Bertz CT molecular complexity index is 857. The summed E-state index contributed by atoms with van der Waals surface area (Å²) in [5.41, 5.74) is 4.74. The third kappa shape index (κ3) is 3.13. The minimum atomic E-state index is 0.598. The molecule has 0 saturated heterocycles. The zero-order valence-corrected chi connectivity index (χ0v) is 14.5. The van der Waals surface area contributed by atoms with Crippen molar-refractivity contribution >= 4 is 28.6 Å². The molecule has 0 atom stereocenters. The van der Waals surface area contributed by atoms with Gasteiger partial charge in [-0.15, -0.1) is 0 Å². The van der Waals surface area contributed by atoms with Crippen molar-refractivity contribution in [1.29, 1.82) is 0 Å². The minimum absolute atomic E-state index is 0.598. The van der Waals surface area contributed by atoms with Gasteiger partial charge >= 0.3 is 0 Å². The van der Waals surface area contributed by atoms with E-state index in [-0.39, 0.29) is 0 Å². The summed E-state index contributed by atoms with van der Waals surface area (Å²) in [5.74, 6) is 1.34. The Labute approximate surface area is 142 Å². The second kappa shape index (κ2) is 6.78. The molecular formula is C18H22N6. The molecule has 1 aromatic carbocycles. The lowest BCUT2D eigenvalue weighted by atomic mass is 10.1. The van der Waals surface area contributed by atoms with Crippen LogP contribution in [-0.2, 0) is 0 Å². The fourth-order valence-corrected chi connectivity index (χ4v) is 2.54. The molecule has 6 nitrogen and oxygen atoms in total. The summed E-state index contributed by atoms with van der Waals surface area (Å²) in [6.45, 7) is 10.0.